The molecule has 1 aromatic rings. The molecule has 0 fully saturated rings. The van der Waals surface area contributed by atoms with Crippen LogP contribution in [-0.4, -0.2) is 11.7 Å². The lowest BCUT2D eigenvalue weighted by atomic mass is 10.2. The third-order valence-electron chi connectivity index (χ3n) is 1.73. The first-order valence-corrected chi connectivity index (χ1v) is 4.06. The molecule has 0 aliphatic carbocycles. The van der Waals surface area contributed by atoms with E-state index in [-0.39, 0.29) is 5.75 Å². The van der Waals surface area contributed by atoms with Gasteiger partial charge in [0.2, 0.25) is 0 Å². The van der Waals surface area contributed by atoms with Crippen LogP contribution in [-0.2, 0) is 0 Å². The molecular weight excluding hydrogens is 164 g/mol. The zero-order chi connectivity index (χ0) is 9.68. The fraction of sp³-hybridized carbons (Fsp3) is 0.273. The average Bonchev–Trinajstić information content (AvgIpc) is 2.13. The molecule has 1 N–H and O–H groups in total. The summed E-state index contributed by atoms with van der Waals surface area (Å²) in [5, 5.41) is 9.34. The maximum Gasteiger partial charge on any atom is 0.149 e. The number of phenols is 1. The van der Waals surface area contributed by atoms with Crippen molar-refractivity contribution in [1.82, 2.24) is 0 Å². The summed E-state index contributed by atoms with van der Waals surface area (Å²) < 4.78 is 5.32. The van der Waals surface area contributed by atoms with E-state index in [9.17, 15) is 5.11 Å². The number of phenolic OH excluding ortho intramolecular Hbond substituents is 1. The second kappa shape index (κ2) is 4.42. The molecule has 0 radical (unpaired) electrons. The highest BCUT2D eigenvalue weighted by molar-refractivity contribution is 5.42. The van der Waals surface area contributed by atoms with E-state index in [1.807, 2.05) is 13.0 Å². The van der Waals surface area contributed by atoms with Crippen LogP contribution in [0.5, 0.6) is 11.5 Å². The minimum atomic E-state index is 0.252. The summed E-state index contributed by atoms with van der Waals surface area (Å²) >= 11 is 0. The summed E-state index contributed by atoms with van der Waals surface area (Å²) in [5.74, 6) is 6.46. The Labute approximate surface area is 78.2 Å². The van der Waals surface area contributed by atoms with Crippen LogP contribution >= 0.6 is 0 Å². The molecule has 0 saturated carbocycles. The standard InChI is InChI=1S/C11H12O2/c1-3-4-8-13-11-7-5-6-10(12)9(11)2/h5-7,12H,8H2,1-2H3. The summed E-state index contributed by atoms with van der Waals surface area (Å²) in [6.07, 6.45) is 0. The molecule has 2 nitrogen and oxygen atoms in total. The number of ether oxygens (including phenoxy) is 1. The molecule has 0 amide bonds. The average molecular weight is 176 g/mol. The van der Waals surface area contributed by atoms with Crippen molar-refractivity contribution in [1.29, 1.82) is 0 Å². The van der Waals surface area contributed by atoms with E-state index in [1.165, 1.54) is 0 Å². The lowest BCUT2D eigenvalue weighted by Gasteiger charge is -2.06. The van der Waals surface area contributed by atoms with Gasteiger partial charge in [-0.15, -0.1) is 5.92 Å². The second-order valence-electron chi connectivity index (χ2n) is 2.62. The highest BCUT2D eigenvalue weighted by atomic mass is 16.5. The van der Waals surface area contributed by atoms with Gasteiger partial charge in [0.1, 0.15) is 18.1 Å². The predicted octanol–water partition coefficient (Wildman–Crippen LogP) is 2.10. The van der Waals surface area contributed by atoms with Gasteiger partial charge in [0.25, 0.3) is 0 Å². The Hall–Kier alpha value is -1.62. The van der Waals surface area contributed by atoms with Gasteiger partial charge in [0.15, 0.2) is 0 Å². The fourth-order valence-corrected chi connectivity index (χ4v) is 0.945. The van der Waals surface area contributed by atoms with Crippen LogP contribution in [0, 0.1) is 18.8 Å². The number of hydrogen-bond acceptors (Lipinski definition) is 2. The molecular formula is C11H12O2. The van der Waals surface area contributed by atoms with Gasteiger partial charge in [-0.2, -0.15) is 0 Å². The number of benzene rings is 1. The molecule has 0 aliphatic rings. The summed E-state index contributed by atoms with van der Waals surface area (Å²) in [5.41, 5.74) is 0.750. The fourth-order valence-electron chi connectivity index (χ4n) is 0.945. The van der Waals surface area contributed by atoms with E-state index >= 15 is 0 Å². The van der Waals surface area contributed by atoms with Gasteiger partial charge >= 0.3 is 0 Å². The Bertz CT molecular complexity index is 345. The van der Waals surface area contributed by atoms with Crippen molar-refractivity contribution in [3.05, 3.63) is 23.8 Å². The SMILES string of the molecule is CC#CCOc1cccc(O)c1C. The van der Waals surface area contributed by atoms with E-state index in [1.54, 1.807) is 19.1 Å². The monoisotopic (exact) mass is 176 g/mol. The molecule has 13 heavy (non-hydrogen) atoms. The summed E-state index contributed by atoms with van der Waals surface area (Å²) in [6.45, 7) is 3.93. The molecule has 1 rings (SSSR count). The van der Waals surface area contributed by atoms with E-state index in [4.69, 9.17) is 4.74 Å². The first-order valence-electron chi connectivity index (χ1n) is 4.06. The Morgan fingerprint density at radius 3 is 2.92 bits per heavy atom. The quantitative estimate of drug-likeness (QED) is 0.699. The first-order chi connectivity index (χ1) is 6.25. The van der Waals surface area contributed by atoms with E-state index < -0.39 is 0 Å². The second-order valence-corrected chi connectivity index (χ2v) is 2.62. The zero-order valence-electron chi connectivity index (χ0n) is 7.79. The molecule has 68 valence electrons. The third-order valence-corrected chi connectivity index (χ3v) is 1.73. The number of aromatic hydroxyl groups is 1. The Morgan fingerprint density at radius 1 is 1.46 bits per heavy atom. The van der Waals surface area contributed by atoms with Crippen molar-refractivity contribution in [3.63, 3.8) is 0 Å². The lowest BCUT2D eigenvalue weighted by molar-refractivity contribution is 0.363. The van der Waals surface area contributed by atoms with Gasteiger partial charge in [-0.25, -0.2) is 0 Å². The highest BCUT2D eigenvalue weighted by Crippen LogP contribution is 2.25. The van der Waals surface area contributed by atoms with Crippen LogP contribution in [0.1, 0.15) is 12.5 Å². The molecule has 2 heteroatoms. The van der Waals surface area contributed by atoms with E-state index in [0.29, 0.717) is 12.4 Å². The molecule has 0 atom stereocenters. The summed E-state index contributed by atoms with van der Waals surface area (Å²) in [7, 11) is 0. The van der Waals surface area contributed by atoms with Gasteiger partial charge in [-0.05, 0) is 26.0 Å². The van der Waals surface area contributed by atoms with Gasteiger partial charge in [0, 0.05) is 5.56 Å². The largest absolute Gasteiger partial charge is 0.508 e. The summed E-state index contributed by atoms with van der Waals surface area (Å²) in [6, 6.07) is 5.19. The molecule has 0 aromatic heterocycles. The van der Waals surface area contributed by atoms with Crippen LogP contribution < -0.4 is 4.74 Å². The Balaban J connectivity index is 2.75. The molecule has 1 aromatic carbocycles. The van der Waals surface area contributed by atoms with Gasteiger partial charge in [-0.1, -0.05) is 12.0 Å². The molecule has 0 aliphatic heterocycles. The van der Waals surface area contributed by atoms with Gasteiger partial charge in [0.05, 0.1) is 0 Å². The van der Waals surface area contributed by atoms with E-state index in [2.05, 4.69) is 11.8 Å². The number of rotatable bonds is 2. The minimum Gasteiger partial charge on any atom is -0.508 e. The van der Waals surface area contributed by atoms with Gasteiger partial charge < -0.3 is 9.84 Å². The van der Waals surface area contributed by atoms with Crippen molar-refractivity contribution in [2.75, 3.05) is 6.61 Å². The highest BCUT2D eigenvalue weighted by Gasteiger charge is 2.01. The van der Waals surface area contributed by atoms with Crippen LogP contribution in [0.25, 0.3) is 0 Å². The molecule has 0 saturated heterocycles. The molecule has 0 spiro atoms. The smallest absolute Gasteiger partial charge is 0.149 e. The molecule has 0 heterocycles. The first kappa shape index (κ1) is 9.47. The van der Waals surface area contributed by atoms with Crippen LogP contribution in [0.15, 0.2) is 18.2 Å². The summed E-state index contributed by atoms with van der Waals surface area (Å²) in [4.78, 5) is 0. The van der Waals surface area contributed by atoms with Crippen LogP contribution in [0.4, 0.5) is 0 Å². The topological polar surface area (TPSA) is 29.5 Å². The van der Waals surface area contributed by atoms with Crippen molar-refractivity contribution < 1.29 is 9.84 Å². The Morgan fingerprint density at radius 2 is 2.23 bits per heavy atom. The van der Waals surface area contributed by atoms with Crippen LogP contribution in [0.3, 0.4) is 0 Å². The van der Waals surface area contributed by atoms with Crippen molar-refractivity contribution >= 4 is 0 Å². The maximum absolute atomic E-state index is 9.34. The Kier molecular flexibility index (Phi) is 3.22. The molecule has 0 unspecified atom stereocenters. The minimum absolute atomic E-state index is 0.252. The van der Waals surface area contributed by atoms with Crippen molar-refractivity contribution in [2.24, 2.45) is 0 Å². The van der Waals surface area contributed by atoms with Crippen LogP contribution in [0.2, 0.25) is 0 Å². The maximum atomic E-state index is 9.34. The third kappa shape index (κ3) is 2.41. The van der Waals surface area contributed by atoms with Crippen molar-refractivity contribution in [2.45, 2.75) is 13.8 Å². The zero-order valence-corrected chi connectivity index (χ0v) is 7.79. The van der Waals surface area contributed by atoms with Gasteiger partial charge in [-0.3, -0.25) is 0 Å². The van der Waals surface area contributed by atoms with Crippen molar-refractivity contribution in [3.8, 4) is 23.3 Å². The normalized spacial score (nSPS) is 8.77. The number of hydrogen-bond donors (Lipinski definition) is 1. The lowest BCUT2D eigenvalue weighted by Crippen LogP contribution is -1.95. The van der Waals surface area contributed by atoms with E-state index in [0.717, 1.165) is 5.56 Å². The predicted molar refractivity (Wildman–Crippen MR) is 51.8 cm³/mol. The molecule has 0 bridgehead atoms.